The average molecular weight is 236 g/mol. The van der Waals surface area contributed by atoms with Gasteiger partial charge in [0.25, 0.3) is 5.91 Å². The molecule has 1 heterocycles. The Hall–Kier alpha value is -1.65. The first-order chi connectivity index (χ1) is 7.98. The number of nitrogens with one attached hydrogen (secondary N) is 2. The molecule has 0 unspecified atom stereocenters. The van der Waals surface area contributed by atoms with E-state index in [2.05, 4.69) is 41.6 Å². The highest BCUT2D eigenvalue weighted by atomic mass is 16.1. The Labute approximate surface area is 102 Å². The minimum atomic E-state index is -0.225. The molecule has 0 fully saturated rings. The van der Waals surface area contributed by atoms with Gasteiger partial charge < -0.3 is 10.6 Å². The third kappa shape index (κ3) is 4.01. The summed E-state index contributed by atoms with van der Waals surface area (Å²) in [6.07, 6.45) is 2.15. The van der Waals surface area contributed by atoms with Gasteiger partial charge in [-0.15, -0.1) is 10.2 Å². The molecule has 0 saturated carbocycles. The number of hydrogen-bond acceptors (Lipinski definition) is 4. The molecule has 17 heavy (non-hydrogen) atoms. The van der Waals surface area contributed by atoms with Crippen LogP contribution in [0.4, 0.5) is 5.82 Å². The molecule has 1 amide bonds. The van der Waals surface area contributed by atoms with Crippen LogP contribution < -0.4 is 10.6 Å². The van der Waals surface area contributed by atoms with Crippen LogP contribution in [0.2, 0.25) is 0 Å². The van der Waals surface area contributed by atoms with Gasteiger partial charge in [0.15, 0.2) is 5.69 Å². The maximum Gasteiger partial charge on any atom is 0.271 e. The Morgan fingerprint density at radius 1 is 1.35 bits per heavy atom. The molecule has 2 N–H and O–H groups in total. The lowest BCUT2D eigenvalue weighted by Crippen LogP contribution is -2.31. The Bertz CT molecular complexity index is 373. The van der Waals surface area contributed by atoms with Crippen molar-refractivity contribution in [1.29, 1.82) is 0 Å². The molecule has 5 heteroatoms. The zero-order valence-corrected chi connectivity index (χ0v) is 10.9. The molecule has 0 aliphatic rings. The second-order valence-corrected chi connectivity index (χ2v) is 4.64. The third-order valence-corrected chi connectivity index (χ3v) is 2.47. The number of rotatable bonds is 5. The molecule has 0 aliphatic carbocycles. The molecule has 0 spiro atoms. The molecule has 0 bridgehead atoms. The second-order valence-electron chi connectivity index (χ2n) is 4.64. The summed E-state index contributed by atoms with van der Waals surface area (Å²) in [5.74, 6) is 0.466. The summed E-state index contributed by atoms with van der Waals surface area (Å²) >= 11 is 0. The highest BCUT2D eigenvalue weighted by Gasteiger charge is 2.17. The normalized spacial score (nSPS) is 11.1. The summed E-state index contributed by atoms with van der Waals surface area (Å²) < 4.78 is 0. The fourth-order valence-electron chi connectivity index (χ4n) is 1.68. The molecular formula is C12H20N4O. The van der Waals surface area contributed by atoms with Crippen molar-refractivity contribution in [3.63, 3.8) is 0 Å². The van der Waals surface area contributed by atoms with Crippen molar-refractivity contribution in [3.05, 3.63) is 17.8 Å². The summed E-state index contributed by atoms with van der Waals surface area (Å²) in [6, 6.07) is 3.44. The van der Waals surface area contributed by atoms with Gasteiger partial charge in [0.1, 0.15) is 5.82 Å². The number of carbonyl (C=O) groups is 1. The summed E-state index contributed by atoms with van der Waals surface area (Å²) in [5.41, 5.74) is 0.309. The Balaban J connectivity index is 2.71. The van der Waals surface area contributed by atoms with Crippen LogP contribution in [0.25, 0.3) is 0 Å². The Morgan fingerprint density at radius 2 is 2.06 bits per heavy atom. The van der Waals surface area contributed by atoms with E-state index in [1.807, 2.05) is 0 Å². The number of amides is 1. The maximum atomic E-state index is 11.3. The number of aromatic nitrogens is 2. The second kappa shape index (κ2) is 5.61. The fourth-order valence-corrected chi connectivity index (χ4v) is 1.68. The van der Waals surface area contributed by atoms with Crippen molar-refractivity contribution < 1.29 is 4.79 Å². The Morgan fingerprint density at radius 3 is 2.53 bits per heavy atom. The van der Waals surface area contributed by atoms with E-state index in [0.717, 1.165) is 12.8 Å². The number of hydrogen-bond donors (Lipinski definition) is 2. The largest absolute Gasteiger partial charge is 0.364 e. The average Bonchev–Trinajstić information content (AvgIpc) is 2.28. The van der Waals surface area contributed by atoms with Crippen LogP contribution in [-0.2, 0) is 0 Å². The van der Waals surface area contributed by atoms with Crippen molar-refractivity contribution in [3.8, 4) is 0 Å². The molecule has 0 aliphatic heterocycles. The van der Waals surface area contributed by atoms with Crippen molar-refractivity contribution in [1.82, 2.24) is 15.5 Å². The van der Waals surface area contributed by atoms with Gasteiger partial charge in [-0.3, -0.25) is 4.79 Å². The van der Waals surface area contributed by atoms with E-state index < -0.39 is 0 Å². The van der Waals surface area contributed by atoms with Gasteiger partial charge >= 0.3 is 0 Å². The van der Waals surface area contributed by atoms with Crippen LogP contribution in [-0.4, -0.2) is 28.7 Å². The highest BCUT2D eigenvalue weighted by molar-refractivity contribution is 5.91. The van der Waals surface area contributed by atoms with E-state index >= 15 is 0 Å². The van der Waals surface area contributed by atoms with Gasteiger partial charge in [-0.05, 0) is 32.4 Å². The third-order valence-electron chi connectivity index (χ3n) is 2.47. The molecule has 1 aromatic heterocycles. The van der Waals surface area contributed by atoms with Gasteiger partial charge in [-0.25, -0.2) is 0 Å². The SMILES string of the molecule is CCCC(C)(C)Nc1ccc(C(=O)NC)nn1. The maximum absolute atomic E-state index is 11.3. The van der Waals surface area contributed by atoms with Gasteiger partial charge in [0, 0.05) is 12.6 Å². The molecule has 94 valence electrons. The molecule has 5 nitrogen and oxygen atoms in total. The lowest BCUT2D eigenvalue weighted by molar-refractivity contribution is 0.0957. The van der Waals surface area contributed by atoms with Crippen LogP contribution in [0.1, 0.15) is 44.1 Å². The van der Waals surface area contributed by atoms with E-state index in [1.165, 1.54) is 0 Å². The molecule has 0 radical (unpaired) electrons. The van der Waals surface area contributed by atoms with Crippen LogP contribution >= 0.6 is 0 Å². The molecule has 0 atom stereocenters. The summed E-state index contributed by atoms with van der Waals surface area (Å²) in [6.45, 7) is 6.37. The quantitative estimate of drug-likeness (QED) is 0.818. The van der Waals surface area contributed by atoms with Crippen LogP contribution in [0.15, 0.2) is 12.1 Å². The first-order valence-corrected chi connectivity index (χ1v) is 5.82. The van der Waals surface area contributed by atoms with Crippen molar-refractivity contribution in [2.24, 2.45) is 0 Å². The first kappa shape index (κ1) is 13.4. The summed E-state index contributed by atoms with van der Waals surface area (Å²) in [7, 11) is 1.57. The highest BCUT2D eigenvalue weighted by Crippen LogP contribution is 2.17. The van der Waals surface area contributed by atoms with Crippen molar-refractivity contribution >= 4 is 11.7 Å². The standard InChI is InChI=1S/C12H20N4O/c1-5-8-12(2,3)14-10-7-6-9(15-16-10)11(17)13-4/h6-7H,5,8H2,1-4H3,(H,13,17)(H,14,16). The predicted octanol–water partition coefficient (Wildman–Crippen LogP) is 1.83. The smallest absolute Gasteiger partial charge is 0.271 e. The van der Waals surface area contributed by atoms with Crippen LogP contribution in [0.5, 0.6) is 0 Å². The van der Waals surface area contributed by atoms with Crippen LogP contribution in [0, 0.1) is 0 Å². The Kier molecular flexibility index (Phi) is 4.43. The lowest BCUT2D eigenvalue weighted by Gasteiger charge is -2.26. The van der Waals surface area contributed by atoms with E-state index in [9.17, 15) is 4.79 Å². The monoisotopic (exact) mass is 236 g/mol. The number of anilines is 1. The van der Waals surface area contributed by atoms with Gasteiger partial charge in [0.05, 0.1) is 0 Å². The molecule has 0 aromatic carbocycles. The molecular weight excluding hydrogens is 216 g/mol. The predicted molar refractivity (Wildman–Crippen MR) is 68.0 cm³/mol. The van der Waals surface area contributed by atoms with E-state index in [-0.39, 0.29) is 11.4 Å². The molecule has 1 rings (SSSR count). The van der Waals surface area contributed by atoms with Gasteiger partial charge in [-0.2, -0.15) is 0 Å². The topological polar surface area (TPSA) is 66.9 Å². The molecule has 1 aromatic rings. The number of carbonyl (C=O) groups excluding carboxylic acids is 1. The van der Waals surface area contributed by atoms with E-state index in [4.69, 9.17) is 0 Å². The van der Waals surface area contributed by atoms with Crippen LogP contribution in [0.3, 0.4) is 0 Å². The minimum absolute atomic E-state index is 0.0159. The lowest BCUT2D eigenvalue weighted by atomic mass is 9.99. The van der Waals surface area contributed by atoms with Gasteiger partial charge in [-0.1, -0.05) is 13.3 Å². The molecule has 0 saturated heterocycles. The van der Waals surface area contributed by atoms with E-state index in [0.29, 0.717) is 11.5 Å². The minimum Gasteiger partial charge on any atom is -0.364 e. The zero-order valence-electron chi connectivity index (χ0n) is 10.9. The number of nitrogens with zero attached hydrogens (tertiary/aromatic N) is 2. The van der Waals surface area contributed by atoms with Crippen molar-refractivity contribution in [2.75, 3.05) is 12.4 Å². The zero-order chi connectivity index (χ0) is 12.9. The van der Waals surface area contributed by atoms with Crippen molar-refractivity contribution in [2.45, 2.75) is 39.2 Å². The van der Waals surface area contributed by atoms with E-state index in [1.54, 1.807) is 19.2 Å². The fraction of sp³-hybridized carbons (Fsp3) is 0.583. The summed E-state index contributed by atoms with van der Waals surface area (Å²) in [4.78, 5) is 11.3. The van der Waals surface area contributed by atoms with Gasteiger partial charge in [0.2, 0.25) is 0 Å². The summed E-state index contributed by atoms with van der Waals surface area (Å²) in [5, 5.41) is 13.7. The first-order valence-electron chi connectivity index (χ1n) is 5.82.